The van der Waals surface area contributed by atoms with E-state index in [4.69, 9.17) is 0 Å². The maximum atomic E-state index is 12.4. The van der Waals surface area contributed by atoms with Crippen molar-refractivity contribution in [3.8, 4) is 56.8 Å². The van der Waals surface area contributed by atoms with Crippen LogP contribution >= 0.6 is 0 Å². The normalized spacial score (nSPS) is 10.0. The Bertz CT molecular complexity index is 1130. The summed E-state index contributed by atoms with van der Waals surface area (Å²) >= 11 is 0. The molecule has 0 radical (unpaired) electrons. The standard InChI is InChI=1S/C20H14O10.2Na/c21-11-5-9(19(27)28)13(17(25)15(11)23)7-2-1-3-8(4-7)14-10(20(29)30)6-12(22)16(24)18(14)26;;/h1-6,21-26H,(H,27,28)(H,29,30);;/q;2*+1/p-2. The van der Waals surface area contributed by atoms with Crippen molar-refractivity contribution in [2.24, 2.45) is 0 Å². The molecule has 0 aliphatic heterocycles. The van der Waals surface area contributed by atoms with Gasteiger partial charge in [0.25, 0.3) is 0 Å². The van der Waals surface area contributed by atoms with Gasteiger partial charge in [-0.1, -0.05) is 29.7 Å². The maximum Gasteiger partial charge on any atom is 1.00 e. The van der Waals surface area contributed by atoms with Crippen LogP contribution in [-0.4, -0.2) is 42.6 Å². The second-order valence-corrected chi connectivity index (χ2v) is 6.18. The van der Waals surface area contributed by atoms with E-state index in [1.54, 1.807) is 0 Å². The number of phenolic OH excluding ortho intramolecular Hbond substituents is 4. The van der Waals surface area contributed by atoms with E-state index in [2.05, 4.69) is 0 Å². The smallest absolute Gasteiger partial charge is 0.869 e. The van der Waals surface area contributed by atoms with Crippen molar-refractivity contribution in [2.75, 3.05) is 0 Å². The second kappa shape index (κ2) is 10.3. The van der Waals surface area contributed by atoms with Crippen molar-refractivity contribution in [1.82, 2.24) is 0 Å². The fourth-order valence-electron chi connectivity index (χ4n) is 3.01. The summed E-state index contributed by atoms with van der Waals surface area (Å²) in [6.07, 6.45) is 0. The summed E-state index contributed by atoms with van der Waals surface area (Å²) < 4.78 is 0. The zero-order valence-electron chi connectivity index (χ0n) is 16.8. The van der Waals surface area contributed by atoms with Crippen LogP contribution in [0.25, 0.3) is 22.3 Å². The number of carbonyl (C=O) groups is 2. The number of carboxylic acids is 2. The third-order valence-corrected chi connectivity index (χ3v) is 4.37. The molecular weight excluding hydrogens is 446 g/mol. The van der Waals surface area contributed by atoms with E-state index in [1.165, 1.54) is 18.2 Å². The predicted octanol–water partition coefficient (Wildman–Crippen LogP) is -4.61. The quantitative estimate of drug-likeness (QED) is 0.163. The van der Waals surface area contributed by atoms with Gasteiger partial charge in [0.1, 0.15) is 11.5 Å². The third kappa shape index (κ3) is 4.75. The van der Waals surface area contributed by atoms with Crippen molar-refractivity contribution in [3.05, 3.63) is 47.5 Å². The minimum Gasteiger partial charge on any atom is -0.869 e. The van der Waals surface area contributed by atoms with Gasteiger partial charge in [-0.15, -0.1) is 0 Å². The number of rotatable bonds is 4. The summed E-state index contributed by atoms with van der Waals surface area (Å²) in [5, 5.41) is 82.1. The Morgan fingerprint density at radius 2 is 1.00 bits per heavy atom. The zero-order valence-corrected chi connectivity index (χ0v) is 20.8. The van der Waals surface area contributed by atoms with Crippen LogP contribution in [0.3, 0.4) is 0 Å². The molecule has 0 aliphatic carbocycles. The molecule has 0 saturated heterocycles. The van der Waals surface area contributed by atoms with Crippen molar-refractivity contribution >= 4 is 11.9 Å². The molecule has 6 N–H and O–H groups in total. The van der Waals surface area contributed by atoms with Crippen LogP contribution in [0.15, 0.2) is 36.4 Å². The van der Waals surface area contributed by atoms with Crippen LogP contribution in [-0.2, 0) is 0 Å². The van der Waals surface area contributed by atoms with E-state index in [1.807, 2.05) is 0 Å². The van der Waals surface area contributed by atoms with E-state index >= 15 is 0 Å². The first-order valence-corrected chi connectivity index (χ1v) is 8.13. The number of hydrogen-bond acceptors (Lipinski definition) is 8. The Hall–Kier alpha value is -2.60. The van der Waals surface area contributed by atoms with Crippen LogP contribution in [0.4, 0.5) is 0 Å². The van der Waals surface area contributed by atoms with Crippen LogP contribution in [0.2, 0.25) is 0 Å². The molecule has 154 valence electrons. The molecular formula is C20H12Na2O10. The van der Waals surface area contributed by atoms with Gasteiger partial charge in [0.05, 0.1) is 11.1 Å². The van der Waals surface area contributed by atoms with Gasteiger partial charge in [0.2, 0.25) is 0 Å². The fraction of sp³-hybridized carbons (Fsp3) is 0. The van der Waals surface area contributed by atoms with Crippen molar-refractivity contribution < 1.29 is 110 Å². The summed E-state index contributed by atoms with van der Waals surface area (Å²) in [5.74, 6) is -9.59. The van der Waals surface area contributed by atoms with Gasteiger partial charge in [0.15, 0.2) is 11.5 Å². The zero-order chi connectivity index (χ0) is 22.3. The SMILES string of the molecule is O=C(O)c1cc(O)c(O)c([O-])c1-c1cccc(-c2c(C(=O)O)cc(O)c(O)c2[O-])c1.[Na+].[Na+]. The van der Waals surface area contributed by atoms with Crippen LogP contribution < -0.4 is 69.3 Å². The molecule has 3 aromatic carbocycles. The number of aromatic carboxylic acids is 2. The van der Waals surface area contributed by atoms with Gasteiger partial charge >= 0.3 is 71.1 Å². The molecule has 0 amide bonds. The number of aromatic hydroxyl groups is 4. The third-order valence-electron chi connectivity index (χ3n) is 4.37. The molecule has 0 aliphatic rings. The Morgan fingerprint density at radius 3 is 1.31 bits per heavy atom. The molecule has 10 nitrogen and oxygen atoms in total. The summed E-state index contributed by atoms with van der Waals surface area (Å²) in [7, 11) is 0. The molecule has 0 saturated carbocycles. The Morgan fingerprint density at radius 1 is 0.656 bits per heavy atom. The average Bonchev–Trinajstić information content (AvgIpc) is 2.69. The summed E-state index contributed by atoms with van der Waals surface area (Å²) in [6, 6.07) is 6.29. The van der Waals surface area contributed by atoms with E-state index < -0.39 is 68.7 Å². The van der Waals surface area contributed by atoms with Crippen molar-refractivity contribution in [3.63, 3.8) is 0 Å². The van der Waals surface area contributed by atoms with Gasteiger partial charge in [-0.05, 0) is 40.5 Å². The van der Waals surface area contributed by atoms with Gasteiger partial charge in [-0.25, -0.2) is 9.59 Å². The van der Waals surface area contributed by atoms with Gasteiger partial charge in [-0.3, -0.25) is 0 Å². The molecule has 0 spiro atoms. The molecule has 3 rings (SSSR count). The van der Waals surface area contributed by atoms with Gasteiger partial charge < -0.3 is 40.9 Å². The summed E-state index contributed by atoms with van der Waals surface area (Å²) in [6.45, 7) is 0. The molecule has 32 heavy (non-hydrogen) atoms. The van der Waals surface area contributed by atoms with E-state index in [-0.39, 0.29) is 70.2 Å². The number of hydrogen-bond donors (Lipinski definition) is 6. The van der Waals surface area contributed by atoms with Crippen molar-refractivity contribution in [1.29, 1.82) is 0 Å². The van der Waals surface area contributed by atoms with E-state index in [0.29, 0.717) is 12.1 Å². The van der Waals surface area contributed by atoms with Gasteiger partial charge in [-0.2, -0.15) is 0 Å². The van der Waals surface area contributed by atoms with E-state index in [9.17, 15) is 50.4 Å². The first-order valence-electron chi connectivity index (χ1n) is 8.13. The molecule has 0 fully saturated rings. The van der Waals surface area contributed by atoms with Crippen LogP contribution in [0, 0.1) is 0 Å². The molecule has 0 aromatic heterocycles. The molecule has 0 atom stereocenters. The predicted molar refractivity (Wildman–Crippen MR) is 96.8 cm³/mol. The fourth-order valence-corrected chi connectivity index (χ4v) is 3.01. The average molecular weight is 458 g/mol. The molecule has 0 unspecified atom stereocenters. The minimum atomic E-state index is -1.58. The Kier molecular flexibility index (Phi) is 8.87. The van der Waals surface area contributed by atoms with E-state index in [0.717, 1.165) is 6.07 Å². The Labute approximate surface area is 224 Å². The van der Waals surface area contributed by atoms with Crippen molar-refractivity contribution in [2.45, 2.75) is 0 Å². The monoisotopic (exact) mass is 458 g/mol. The summed E-state index contributed by atoms with van der Waals surface area (Å²) in [5.41, 5.74) is -2.50. The first-order chi connectivity index (χ1) is 14.0. The number of benzene rings is 3. The molecule has 0 bridgehead atoms. The van der Waals surface area contributed by atoms with Crippen LogP contribution in [0.5, 0.6) is 34.5 Å². The Balaban J connectivity index is 0.00000256. The molecule has 12 heteroatoms. The maximum absolute atomic E-state index is 12.4. The number of carboxylic acid groups (broad SMARTS) is 2. The second-order valence-electron chi connectivity index (χ2n) is 6.18. The largest absolute Gasteiger partial charge is 1.00 e. The minimum absolute atomic E-state index is 0. The number of phenols is 4. The topological polar surface area (TPSA) is 202 Å². The van der Waals surface area contributed by atoms with Crippen LogP contribution in [0.1, 0.15) is 20.7 Å². The molecule has 3 aromatic rings. The first kappa shape index (κ1) is 27.4. The summed E-state index contributed by atoms with van der Waals surface area (Å²) in [4.78, 5) is 23.1. The molecule has 0 heterocycles. The van der Waals surface area contributed by atoms with Gasteiger partial charge in [0, 0.05) is 0 Å².